The molecule has 0 bridgehead atoms. The van der Waals surface area contributed by atoms with E-state index in [4.69, 9.17) is 9.47 Å². The van der Waals surface area contributed by atoms with E-state index in [0.29, 0.717) is 6.42 Å². The fourth-order valence-corrected chi connectivity index (χ4v) is 4.92. The van der Waals surface area contributed by atoms with Gasteiger partial charge in [0.2, 0.25) is 5.91 Å². The number of nitrogens with zero attached hydrogens (tertiary/aromatic N) is 1. The van der Waals surface area contributed by atoms with E-state index in [9.17, 15) is 14.7 Å². The second kappa shape index (κ2) is 10.00. The average molecular weight is 473 g/mol. The first-order valence-electron chi connectivity index (χ1n) is 11.8. The molecule has 3 atom stereocenters. The van der Waals surface area contributed by atoms with Crippen LogP contribution in [0.2, 0.25) is 0 Å². The average Bonchev–Trinajstić information content (AvgIpc) is 3.26. The van der Waals surface area contributed by atoms with Crippen molar-refractivity contribution in [1.29, 1.82) is 0 Å². The normalized spacial score (nSPS) is 22.8. The molecule has 0 spiro atoms. The molecule has 180 valence electrons. The molecule has 2 aliphatic heterocycles. The van der Waals surface area contributed by atoms with Crippen molar-refractivity contribution >= 4 is 11.9 Å². The Morgan fingerprint density at radius 3 is 1.89 bits per heavy atom. The van der Waals surface area contributed by atoms with Gasteiger partial charge in [-0.05, 0) is 16.7 Å². The van der Waals surface area contributed by atoms with Gasteiger partial charge in [0.25, 0.3) is 0 Å². The molecule has 2 N–H and O–H groups in total. The molecule has 0 aromatic heterocycles. The van der Waals surface area contributed by atoms with Crippen LogP contribution in [-0.4, -0.2) is 53.5 Å². The number of hydrogen-bond donors (Lipinski definition) is 2. The van der Waals surface area contributed by atoms with E-state index in [0.717, 1.165) is 16.7 Å². The molecule has 2 heterocycles. The molecule has 2 saturated heterocycles. The van der Waals surface area contributed by atoms with Gasteiger partial charge < -0.3 is 14.6 Å². The minimum absolute atomic E-state index is 0.179. The molecule has 3 aromatic rings. The molecule has 35 heavy (non-hydrogen) atoms. The van der Waals surface area contributed by atoms with Crippen LogP contribution in [-0.2, 0) is 19.9 Å². The Morgan fingerprint density at radius 2 is 1.40 bits per heavy atom. The summed E-state index contributed by atoms with van der Waals surface area (Å²) in [7, 11) is 0. The Morgan fingerprint density at radius 1 is 0.886 bits per heavy atom. The minimum atomic E-state index is -0.898. The lowest BCUT2D eigenvalue weighted by Crippen LogP contribution is -2.56. The van der Waals surface area contributed by atoms with E-state index >= 15 is 0 Å². The molecule has 3 amide bonds. The van der Waals surface area contributed by atoms with Gasteiger partial charge in [0, 0.05) is 19.4 Å². The number of carbonyl (C=O) groups excluding carboxylic acids is 2. The zero-order valence-corrected chi connectivity index (χ0v) is 19.2. The lowest BCUT2D eigenvalue weighted by atomic mass is 9.80. The maximum atomic E-state index is 12.3. The SMILES string of the molecule is O=C1CCN([C@@H]2O[C@H](COC(c3ccccc3)(c3ccccc3)c3ccccc3)C[C@H]2O)C(=O)N1. The lowest BCUT2D eigenvalue weighted by molar-refractivity contribution is -0.127. The number of ether oxygens (including phenoxy) is 2. The number of amides is 3. The van der Waals surface area contributed by atoms with Crippen LogP contribution in [0, 0.1) is 0 Å². The predicted molar refractivity (Wildman–Crippen MR) is 129 cm³/mol. The van der Waals surface area contributed by atoms with Crippen molar-refractivity contribution in [3.05, 3.63) is 108 Å². The van der Waals surface area contributed by atoms with Crippen molar-refractivity contribution in [1.82, 2.24) is 10.2 Å². The number of imide groups is 1. The molecule has 2 fully saturated rings. The maximum Gasteiger partial charge on any atom is 0.326 e. The standard InChI is InChI=1S/C28H28N2O5/c31-24-18-23(35-26(24)30-17-16-25(32)29-27(30)33)19-34-28(20-10-4-1-5-11-20,21-12-6-2-7-13-21)22-14-8-3-9-15-22/h1-15,23-24,26,31H,16-19H2,(H,29,32,33)/t23-,24+,26+/m0/s1. The fraction of sp³-hybridized carbons (Fsp3) is 0.286. The fourth-order valence-electron chi connectivity index (χ4n) is 4.92. The van der Waals surface area contributed by atoms with Gasteiger partial charge in [-0.2, -0.15) is 0 Å². The summed E-state index contributed by atoms with van der Waals surface area (Å²) in [6, 6.07) is 29.6. The van der Waals surface area contributed by atoms with Gasteiger partial charge in [-0.3, -0.25) is 15.0 Å². The number of aliphatic hydroxyl groups excluding tert-OH is 1. The topological polar surface area (TPSA) is 88.1 Å². The number of rotatable bonds is 7. The molecule has 0 saturated carbocycles. The van der Waals surface area contributed by atoms with Crippen LogP contribution in [0.1, 0.15) is 29.5 Å². The van der Waals surface area contributed by atoms with Crippen molar-refractivity contribution in [3.8, 4) is 0 Å². The highest BCUT2D eigenvalue weighted by molar-refractivity contribution is 5.96. The van der Waals surface area contributed by atoms with Gasteiger partial charge in [0.05, 0.1) is 12.7 Å². The van der Waals surface area contributed by atoms with E-state index in [1.54, 1.807) is 0 Å². The molecule has 7 nitrogen and oxygen atoms in total. The highest BCUT2D eigenvalue weighted by atomic mass is 16.6. The van der Waals surface area contributed by atoms with E-state index in [2.05, 4.69) is 5.32 Å². The van der Waals surface area contributed by atoms with E-state index in [1.165, 1.54) is 4.90 Å². The molecule has 0 radical (unpaired) electrons. The number of hydrogen-bond acceptors (Lipinski definition) is 5. The lowest BCUT2D eigenvalue weighted by Gasteiger charge is -2.37. The zero-order valence-electron chi connectivity index (χ0n) is 19.2. The number of aliphatic hydroxyl groups is 1. The Balaban J connectivity index is 1.44. The predicted octanol–water partition coefficient (Wildman–Crippen LogP) is 3.41. The number of carbonyl (C=O) groups is 2. The summed E-state index contributed by atoms with van der Waals surface area (Å²) < 4.78 is 12.9. The summed E-state index contributed by atoms with van der Waals surface area (Å²) in [5.74, 6) is -0.322. The molecular weight excluding hydrogens is 444 g/mol. The Bertz CT molecular complexity index is 1060. The Labute approximate surface area is 204 Å². The van der Waals surface area contributed by atoms with Crippen molar-refractivity contribution < 1.29 is 24.2 Å². The van der Waals surface area contributed by atoms with Crippen LogP contribution in [0.3, 0.4) is 0 Å². The highest BCUT2D eigenvalue weighted by Gasteiger charge is 2.44. The quantitative estimate of drug-likeness (QED) is 0.515. The van der Waals surface area contributed by atoms with Crippen LogP contribution < -0.4 is 5.32 Å². The van der Waals surface area contributed by atoms with Crippen LogP contribution in [0.25, 0.3) is 0 Å². The maximum absolute atomic E-state index is 12.3. The third-order valence-corrected chi connectivity index (χ3v) is 6.59. The second-order valence-corrected chi connectivity index (χ2v) is 8.84. The molecule has 0 aliphatic carbocycles. The van der Waals surface area contributed by atoms with Crippen molar-refractivity contribution in [2.75, 3.05) is 13.2 Å². The van der Waals surface area contributed by atoms with Crippen LogP contribution in [0.4, 0.5) is 4.79 Å². The summed E-state index contributed by atoms with van der Waals surface area (Å²) in [5.41, 5.74) is 2.02. The van der Waals surface area contributed by atoms with Crippen LogP contribution >= 0.6 is 0 Å². The van der Waals surface area contributed by atoms with Gasteiger partial charge in [-0.1, -0.05) is 91.0 Å². The van der Waals surface area contributed by atoms with Crippen LogP contribution in [0.5, 0.6) is 0 Å². The van der Waals surface area contributed by atoms with Gasteiger partial charge in [-0.25, -0.2) is 4.79 Å². The number of benzene rings is 3. The monoisotopic (exact) mass is 472 g/mol. The van der Waals surface area contributed by atoms with Gasteiger partial charge in [0.1, 0.15) is 11.7 Å². The van der Waals surface area contributed by atoms with Gasteiger partial charge >= 0.3 is 6.03 Å². The summed E-state index contributed by atoms with van der Waals surface area (Å²) in [6.45, 7) is 0.405. The third kappa shape index (κ3) is 4.58. The summed E-state index contributed by atoms with van der Waals surface area (Å²) in [6.07, 6.45) is -1.63. The second-order valence-electron chi connectivity index (χ2n) is 8.84. The zero-order chi connectivity index (χ0) is 24.3. The van der Waals surface area contributed by atoms with E-state index in [1.807, 2.05) is 91.0 Å². The van der Waals surface area contributed by atoms with Crippen molar-refractivity contribution in [2.24, 2.45) is 0 Å². The Hall–Kier alpha value is -3.52. The van der Waals surface area contributed by atoms with Crippen LogP contribution in [0.15, 0.2) is 91.0 Å². The first-order valence-corrected chi connectivity index (χ1v) is 11.8. The van der Waals surface area contributed by atoms with E-state index in [-0.39, 0.29) is 25.5 Å². The molecule has 5 rings (SSSR count). The summed E-state index contributed by atoms with van der Waals surface area (Å²) >= 11 is 0. The highest BCUT2D eigenvalue weighted by Crippen LogP contribution is 2.41. The first kappa shape index (κ1) is 23.2. The molecular formula is C28H28N2O5. The minimum Gasteiger partial charge on any atom is -0.388 e. The first-order chi connectivity index (χ1) is 17.1. The number of nitrogens with one attached hydrogen (secondary N) is 1. The molecule has 7 heteroatoms. The van der Waals surface area contributed by atoms with Gasteiger partial charge in [-0.15, -0.1) is 0 Å². The van der Waals surface area contributed by atoms with Crippen molar-refractivity contribution in [2.45, 2.75) is 36.9 Å². The summed E-state index contributed by atoms with van der Waals surface area (Å²) in [4.78, 5) is 25.2. The third-order valence-electron chi connectivity index (χ3n) is 6.59. The number of urea groups is 1. The van der Waals surface area contributed by atoms with Crippen molar-refractivity contribution in [3.63, 3.8) is 0 Å². The largest absolute Gasteiger partial charge is 0.388 e. The smallest absolute Gasteiger partial charge is 0.326 e. The molecule has 3 aromatic carbocycles. The van der Waals surface area contributed by atoms with Gasteiger partial charge in [0.15, 0.2) is 6.23 Å². The summed E-state index contributed by atoms with van der Waals surface area (Å²) in [5, 5.41) is 13.0. The molecule has 0 unspecified atom stereocenters. The molecule has 2 aliphatic rings. The van der Waals surface area contributed by atoms with E-state index < -0.39 is 30.1 Å². The Kier molecular flexibility index (Phi) is 6.63.